The van der Waals surface area contributed by atoms with Crippen LogP contribution in [0.3, 0.4) is 0 Å². The molecule has 88 valence electrons. The number of rotatable bonds is 7. The molecule has 2 nitrogen and oxygen atoms in total. The van der Waals surface area contributed by atoms with E-state index >= 15 is 0 Å². The predicted octanol–water partition coefficient (Wildman–Crippen LogP) is 3.00. The summed E-state index contributed by atoms with van der Waals surface area (Å²) in [6, 6.07) is 2.97. The second-order valence-corrected chi connectivity index (χ2v) is 5.84. The molecule has 0 bridgehead atoms. The quantitative estimate of drug-likeness (QED) is 0.670. The highest BCUT2D eigenvalue weighted by atomic mass is 32.2. The van der Waals surface area contributed by atoms with Crippen LogP contribution in [0.1, 0.15) is 33.6 Å². The van der Waals surface area contributed by atoms with Gasteiger partial charge in [0.05, 0.1) is 11.5 Å². The van der Waals surface area contributed by atoms with E-state index in [0.717, 1.165) is 13.0 Å². The number of hydrogen-bond acceptors (Lipinski definition) is 3. The summed E-state index contributed by atoms with van der Waals surface area (Å²) < 4.78 is 0. The summed E-state index contributed by atoms with van der Waals surface area (Å²) in [6.07, 6.45) is 4.32. The third-order valence-electron chi connectivity index (χ3n) is 2.88. The molecule has 0 heterocycles. The molecule has 0 aromatic heterocycles. The van der Waals surface area contributed by atoms with Gasteiger partial charge in [0.1, 0.15) is 0 Å². The zero-order chi connectivity index (χ0) is 11.9. The first-order chi connectivity index (χ1) is 6.93. The van der Waals surface area contributed by atoms with Crippen LogP contribution in [0.4, 0.5) is 0 Å². The second-order valence-electron chi connectivity index (χ2n) is 4.86. The van der Waals surface area contributed by atoms with E-state index in [0.29, 0.717) is 6.04 Å². The van der Waals surface area contributed by atoms with Gasteiger partial charge >= 0.3 is 0 Å². The second kappa shape index (κ2) is 7.14. The maximum atomic E-state index is 8.92. The van der Waals surface area contributed by atoms with Gasteiger partial charge in [-0.2, -0.15) is 17.0 Å². The molecule has 0 aliphatic carbocycles. The predicted molar refractivity (Wildman–Crippen MR) is 69.1 cm³/mol. The highest BCUT2D eigenvalue weighted by Crippen LogP contribution is 2.19. The molecule has 0 saturated heterocycles. The molecule has 1 atom stereocenters. The van der Waals surface area contributed by atoms with Gasteiger partial charge in [-0.25, -0.2) is 0 Å². The van der Waals surface area contributed by atoms with Crippen LogP contribution in [0.5, 0.6) is 0 Å². The average Bonchev–Trinajstić information content (AvgIpc) is 2.22. The van der Waals surface area contributed by atoms with Crippen LogP contribution >= 0.6 is 11.8 Å². The fourth-order valence-corrected chi connectivity index (χ4v) is 1.82. The van der Waals surface area contributed by atoms with Gasteiger partial charge < -0.3 is 4.90 Å². The Labute approximate surface area is 99.0 Å². The first-order valence-electron chi connectivity index (χ1n) is 5.53. The van der Waals surface area contributed by atoms with E-state index in [1.807, 2.05) is 25.6 Å². The van der Waals surface area contributed by atoms with E-state index in [1.165, 1.54) is 12.2 Å². The molecule has 0 radical (unpaired) electrons. The Morgan fingerprint density at radius 2 is 2.07 bits per heavy atom. The van der Waals surface area contributed by atoms with E-state index in [2.05, 4.69) is 31.2 Å². The van der Waals surface area contributed by atoms with Crippen LogP contribution in [0.15, 0.2) is 0 Å². The zero-order valence-electron chi connectivity index (χ0n) is 10.7. The van der Waals surface area contributed by atoms with E-state index in [9.17, 15) is 0 Å². The topological polar surface area (TPSA) is 27.0 Å². The van der Waals surface area contributed by atoms with Crippen LogP contribution in [0.2, 0.25) is 0 Å². The molecule has 15 heavy (non-hydrogen) atoms. The Hall–Kier alpha value is -0.200. The lowest BCUT2D eigenvalue weighted by Gasteiger charge is -2.27. The van der Waals surface area contributed by atoms with Crippen molar-refractivity contribution in [2.75, 3.05) is 25.6 Å². The summed E-state index contributed by atoms with van der Waals surface area (Å²) in [6.45, 7) is 7.28. The largest absolute Gasteiger partial charge is 0.304 e. The lowest BCUT2D eigenvalue weighted by molar-refractivity contribution is 0.226. The van der Waals surface area contributed by atoms with Crippen LogP contribution in [-0.4, -0.2) is 36.5 Å². The lowest BCUT2D eigenvalue weighted by atomic mass is 9.91. The van der Waals surface area contributed by atoms with Crippen molar-refractivity contribution in [3.63, 3.8) is 0 Å². The van der Waals surface area contributed by atoms with Crippen molar-refractivity contribution in [1.29, 1.82) is 5.26 Å². The van der Waals surface area contributed by atoms with E-state index in [-0.39, 0.29) is 5.41 Å². The van der Waals surface area contributed by atoms with Gasteiger partial charge in [-0.05, 0) is 59.2 Å². The molecule has 1 unspecified atom stereocenters. The first-order valence-corrected chi connectivity index (χ1v) is 6.93. The van der Waals surface area contributed by atoms with Gasteiger partial charge in [-0.15, -0.1) is 0 Å². The fourth-order valence-electron chi connectivity index (χ4n) is 1.24. The van der Waals surface area contributed by atoms with Crippen molar-refractivity contribution in [3.8, 4) is 6.07 Å². The summed E-state index contributed by atoms with van der Waals surface area (Å²) in [5.74, 6) is 1.22. The van der Waals surface area contributed by atoms with Crippen molar-refractivity contribution in [3.05, 3.63) is 0 Å². The Morgan fingerprint density at radius 1 is 1.47 bits per heavy atom. The molecule has 0 N–H and O–H groups in total. The summed E-state index contributed by atoms with van der Waals surface area (Å²) in [7, 11) is 2.15. The molecule has 0 aliphatic heterocycles. The number of thioether (sulfide) groups is 1. The van der Waals surface area contributed by atoms with Crippen molar-refractivity contribution in [2.24, 2.45) is 5.41 Å². The third kappa shape index (κ3) is 6.81. The molecule has 0 aliphatic rings. The number of nitriles is 1. The molecule has 0 rings (SSSR count). The summed E-state index contributed by atoms with van der Waals surface area (Å²) in [5, 5.41) is 8.92. The van der Waals surface area contributed by atoms with Crippen molar-refractivity contribution < 1.29 is 0 Å². The number of hydrogen-bond donors (Lipinski definition) is 0. The maximum absolute atomic E-state index is 8.92. The molecule has 0 fully saturated rings. The van der Waals surface area contributed by atoms with Gasteiger partial charge in [0, 0.05) is 6.04 Å². The zero-order valence-corrected chi connectivity index (χ0v) is 11.5. The van der Waals surface area contributed by atoms with Crippen molar-refractivity contribution in [1.82, 2.24) is 4.90 Å². The first kappa shape index (κ1) is 14.8. The van der Waals surface area contributed by atoms with Crippen molar-refractivity contribution in [2.45, 2.75) is 39.7 Å². The van der Waals surface area contributed by atoms with Crippen LogP contribution in [-0.2, 0) is 0 Å². The van der Waals surface area contributed by atoms with Crippen LogP contribution in [0.25, 0.3) is 0 Å². The molecular weight excluding hydrogens is 204 g/mol. The molecule has 0 amide bonds. The minimum atomic E-state index is -0.187. The maximum Gasteiger partial charge on any atom is 0.0684 e. The molecule has 0 aromatic rings. The summed E-state index contributed by atoms with van der Waals surface area (Å²) in [4.78, 5) is 2.36. The third-order valence-corrected chi connectivity index (χ3v) is 3.53. The Kier molecular flexibility index (Phi) is 7.04. The molecular formula is C12H24N2S. The van der Waals surface area contributed by atoms with Gasteiger partial charge in [0.2, 0.25) is 0 Å². The Morgan fingerprint density at radius 3 is 2.53 bits per heavy atom. The van der Waals surface area contributed by atoms with E-state index in [4.69, 9.17) is 5.26 Å². The molecule has 0 spiro atoms. The van der Waals surface area contributed by atoms with Gasteiger partial charge in [0.15, 0.2) is 0 Å². The molecule has 3 heteroatoms. The minimum absolute atomic E-state index is 0.187. The van der Waals surface area contributed by atoms with Crippen molar-refractivity contribution >= 4 is 11.8 Å². The Balaban J connectivity index is 3.83. The van der Waals surface area contributed by atoms with Gasteiger partial charge in [0.25, 0.3) is 0 Å². The molecule has 0 saturated carbocycles. The van der Waals surface area contributed by atoms with E-state index in [1.54, 1.807) is 0 Å². The standard InChI is InChI=1S/C12H24N2S/c1-11(6-9-15-5)14(4)8-7-12(2,3)10-13/h11H,6-9H2,1-5H3. The van der Waals surface area contributed by atoms with Crippen LogP contribution < -0.4 is 0 Å². The van der Waals surface area contributed by atoms with Gasteiger partial charge in [-0.3, -0.25) is 0 Å². The highest BCUT2D eigenvalue weighted by Gasteiger charge is 2.18. The summed E-state index contributed by atoms with van der Waals surface area (Å²) >= 11 is 1.90. The minimum Gasteiger partial charge on any atom is -0.304 e. The number of nitrogens with zero attached hydrogens (tertiary/aromatic N) is 2. The lowest BCUT2D eigenvalue weighted by Crippen LogP contribution is -2.32. The normalized spacial score (nSPS) is 13.9. The SMILES string of the molecule is CSCCC(C)N(C)CCC(C)(C)C#N. The fraction of sp³-hybridized carbons (Fsp3) is 0.917. The van der Waals surface area contributed by atoms with Crippen LogP contribution in [0, 0.1) is 16.7 Å². The highest BCUT2D eigenvalue weighted by molar-refractivity contribution is 7.98. The smallest absolute Gasteiger partial charge is 0.0684 e. The average molecular weight is 228 g/mol. The monoisotopic (exact) mass is 228 g/mol. The molecule has 0 aromatic carbocycles. The summed E-state index contributed by atoms with van der Waals surface area (Å²) in [5.41, 5.74) is -0.187. The van der Waals surface area contributed by atoms with Gasteiger partial charge in [-0.1, -0.05) is 0 Å². The Bertz CT molecular complexity index is 208. The van der Waals surface area contributed by atoms with E-state index < -0.39 is 0 Å².